The van der Waals surface area contributed by atoms with E-state index in [-0.39, 0.29) is 0 Å². The summed E-state index contributed by atoms with van der Waals surface area (Å²) in [7, 11) is -2.31. The maximum Gasteiger partial charge on any atom is 0.235 e. The molecule has 1 atom stereocenters. The lowest BCUT2D eigenvalue weighted by Gasteiger charge is -1.95. The molecule has 7 heavy (non-hydrogen) atoms. The lowest BCUT2D eigenvalue weighted by atomic mass is 11.9. The highest BCUT2D eigenvalue weighted by atomic mass is 35.7. The van der Waals surface area contributed by atoms with Crippen molar-refractivity contribution in [3.05, 3.63) is 0 Å². The van der Waals surface area contributed by atoms with Crippen molar-refractivity contribution in [2.45, 2.75) is 12.2 Å². The van der Waals surface area contributed by atoms with Crippen LogP contribution in [-0.2, 0) is 0 Å². The molecule has 0 bridgehead atoms. The molecule has 0 amide bonds. The molecular weight excluding hydrogens is 187 g/mol. The van der Waals surface area contributed by atoms with Gasteiger partial charge in [0.1, 0.15) is 8.11 Å². The van der Waals surface area contributed by atoms with Gasteiger partial charge < -0.3 is 0 Å². The molecule has 0 radical (unpaired) electrons. The van der Waals surface area contributed by atoms with Crippen molar-refractivity contribution in [3.63, 3.8) is 0 Å². The Morgan fingerprint density at radius 1 is 1.29 bits per heavy atom. The van der Waals surface area contributed by atoms with E-state index in [0.717, 1.165) is 5.67 Å². The van der Waals surface area contributed by atoms with Gasteiger partial charge in [-0.3, -0.25) is 0 Å². The molecule has 0 aromatic heterocycles. The first-order chi connectivity index (χ1) is 3.13. The minimum Gasteiger partial charge on any atom is -0.172 e. The van der Waals surface area contributed by atoms with Crippen LogP contribution in [0.1, 0.15) is 0 Å². The van der Waals surface area contributed by atoms with E-state index in [4.69, 9.17) is 33.2 Å². The van der Waals surface area contributed by atoms with Crippen LogP contribution >= 0.6 is 33.2 Å². The molecule has 5 heteroatoms. The van der Waals surface area contributed by atoms with Crippen molar-refractivity contribution in [1.82, 2.24) is 0 Å². The fraction of sp³-hybridized carbons (Fsp3) is 1.00. The normalized spacial score (nSPS) is 15.0. The van der Waals surface area contributed by atoms with E-state index in [2.05, 4.69) is 0 Å². The fourth-order valence-corrected chi connectivity index (χ4v) is 10.3. The molecule has 0 aliphatic rings. The number of halogens is 3. The van der Waals surface area contributed by atoms with Gasteiger partial charge in [-0.2, -0.15) is 33.2 Å². The highest BCUT2D eigenvalue weighted by Crippen LogP contribution is 2.07. The van der Waals surface area contributed by atoms with E-state index < -0.39 is 15.5 Å². The molecular formula is C2H7Cl3Si2. The van der Waals surface area contributed by atoms with Crippen LogP contribution in [0.3, 0.4) is 0 Å². The van der Waals surface area contributed by atoms with Crippen molar-refractivity contribution in [3.8, 4) is 0 Å². The standard InChI is InChI=1S/C2H7Cl3Si2/c1-6(3)2-7(4)5/h6-7H,2H2,1H3. The van der Waals surface area contributed by atoms with Gasteiger partial charge in [0, 0.05) is 0 Å². The monoisotopic (exact) mass is 192 g/mol. The molecule has 0 aliphatic heterocycles. The molecule has 0 spiro atoms. The second-order valence-corrected chi connectivity index (χ2v) is 11.7. The topological polar surface area (TPSA) is 0 Å². The van der Waals surface area contributed by atoms with E-state index in [9.17, 15) is 0 Å². The van der Waals surface area contributed by atoms with Gasteiger partial charge in [0.2, 0.25) is 7.42 Å². The summed E-state index contributed by atoms with van der Waals surface area (Å²) in [5.74, 6) is 0. The van der Waals surface area contributed by atoms with Gasteiger partial charge in [-0.15, -0.1) is 0 Å². The van der Waals surface area contributed by atoms with Crippen LogP contribution in [0.15, 0.2) is 0 Å². The second-order valence-electron chi connectivity index (χ2n) is 1.41. The van der Waals surface area contributed by atoms with Crippen molar-refractivity contribution >= 4 is 48.8 Å². The predicted molar refractivity (Wildman–Crippen MR) is 42.5 cm³/mol. The number of rotatable bonds is 2. The maximum atomic E-state index is 5.68. The first-order valence-electron chi connectivity index (χ1n) is 2.05. The molecule has 0 aliphatic carbocycles. The Bertz CT molecular complexity index is 40.2. The summed E-state index contributed by atoms with van der Waals surface area (Å²) >= 11 is 16.7. The Morgan fingerprint density at radius 3 is 1.71 bits per heavy atom. The Balaban J connectivity index is 2.95. The van der Waals surface area contributed by atoms with Crippen LogP contribution in [0.2, 0.25) is 12.2 Å². The zero-order valence-corrected chi connectivity index (χ0v) is 8.57. The Hall–Kier alpha value is 1.30. The molecule has 0 rings (SSSR count). The van der Waals surface area contributed by atoms with E-state index in [1.54, 1.807) is 0 Å². The van der Waals surface area contributed by atoms with Gasteiger partial charge in [-0.1, -0.05) is 6.55 Å². The summed E-state index contributed by atoms with van der Waals surface area (Å²) in [6.45, 7) is 2.03. The van der Waals surface area contributed by atoms with Crippen LogP contribution in [0, 0.1) is 0 Å². The van der Waals surface area contributed by atoms with Gasteiger partial charge >= 0.3 is 0 Å². The predicted octanol–water partition coefficient (Wildman–Crippen LogP) is 1.82. The first-order valence-corrected chi connectivity index (χ1v) is 10.1. The molecule has 0 nitrogen and oxygen atoms in total. The third kappa shape index (κ3) is 7.30. The van der Waals surface area contributed by atoms with Crippen LogP contribution in [0.4, 0.5) is 0 Å². The zero-order chi connectivity index (χ0) is 5.86. The minimum atomic E-state index is -1.35. The van der Waals surface area contributed by atoms with E-state index in [1.165, 1.54) is 0 Å². The van der Waals surface area contributed by atoms with Gasteiger partial charge in [-0.25, -0.2) is 0 Å². The molecule has 0 aromatic rings. The average Bonchev–Trinajstić information content (AvgIpc) is 1.27. The molecule has 1 unspecified atom stereocenters. The van der Waals surface area contributed by atoms with E-state index in [1.807, 2.05) is 6.55 Å². The molecule has 0 saturated heterocycles. The van der Waals surface area contributed by atoms with Crippen molar-refractivity contribution in [2.24, 2.45) is 0 Å². The molecule has 0 aromatic carbocycles. The lowest BCUT2D eigenvalue weighted by molar-refractivity contribution is 1.94. The third-order valence-electron chi connectivity index (χ3n) is 0.503. The molecule has 44 valence electrons. The molecule has 0 saturated carbocycles. The Morgan fingerprint density at radius 2 is 1.71 bits per heavy atom. The van der Waals surface area contributed by atoms with Crippen LogP contribution in [-0.4, -0.2) is 15.5 Å². The van der Waals surface area contributed by atoms with Gasteiger partial charge in [0.25, 0.3) is 0 Å². The van der Waals surface area contributed by atoms with Crippen LogP contribution < -0.4 is 0 Å². The third-order valence-corrected chi connectivity index (χ3v) is 9.34. The second kappa shape index (κ2) is 4.21. The van der Waals surface area contributed by atoms with Crippen molar-refractivity contribution in [1.29, 1.82) is 0 Å². The molecule has 0 N–H and O–H groups in total. The summed E-state index contributed by atoms with van der Waals surface area (Å²) in [6, 6.07) is 0. The highest BCUT2D eigenvalue weighted by molar-refractivity contribution is 7.37. The fourth-order valence-electron chi connectivity index (χ4n) is 0.246. The van der Waals surface area contributed by atoms with Crippen molar-refractivity contribution < 1.29 is 0 Å². The van der Waals surface area contributed by atoms with Crippen LogP contribution in [0.25, 0.3) is 0 Å². The Kier molecular flexibility index (Phi) is 4.99. The number of hydrogen-bond donors (Lipinski definition) is 0. The Labute approximate surface area is 61.1 Å². The number of hydrogen-bond acceptors (Lipinski definition) is 0. The first kappa shape index (κ1) is 8.30. The van der Waals surface area contributed by atoms with E-state index >= 15 is 0 Å². The summed E-state index contributed by atoms with van der Waals surface area (Å²) in [5.41, 5.74) is 0.935. The highest BCUT2D eigenvalue weighted by Gasteiger charge is 2.06. The summed E-state index contributed by atoms with van der Waals surface area (Å²) < 4.78 is 0. The van der Waals surface area contributed by atoms with Crippen LogP contribution in [0.5, 0.6) is 0 Å². The SMILES string of the molecule is C[SiH](Cl)C[SiH](Cl)Cl. The van der Waals surface area contributed by atoms with Gasteiger partial charge in [0.05, 0.1) is 0 Å². The largest absolute Gasteiger partial charge is 0.235 e. The summed E-state index contributed by atoms with van der Waals surface area (Å²) in [6.07, 6.45) is 0. The zero-order valence-electron chi connectivity index (χ0n) is 4.00. The van der Waals surface area contributed by atoms with Crippen molar-refractivity contribution in [2.75, 3.05) is 0 Å². The summed E-state index contributed by atoms with van der Waals surface area (Å²) in [4.78, 5) is 0. The molecule has 0 heterocycles. The van der Waals surface area contributed by atoms with Gasteiger partial charge in [-0.05, 0) is 5.67 Å². The minimum absolute atomic E-state index is 0.935. The quantitative estimate of drug-likeness (QED) is 0.464. The van der Waals surface area contributed by atoms with Gasteiger partial charge in [0.15, 0.2) is 0 Å². The average molecular weight is 194 g/mol. The molecule has 0 fully saturated rings. The summed E-state index contributed by atoms with van der Waals surface area (Å²) in [5, 5.41) is 0. The lowest BCUT2D eigenvalue weighted by Crippen LogP contribution is -2.04. The smallest absolute Gasteiger partial charge is 0.172 e. The van der Waals surface area contributed by atoms with E-state index in [0.29, 0.717) is 0 Å². The maximum absolute atomic E-state index is 5.68.